The lowest BCUT2D eigenvalue weighted by molar-refractivity contribution is 0.0648. The van der Waals surface area contributed by atoms with Crippen molar-refractivity contribution in [3.05, 3.63) is 35.3 Å². The molecule has 1 fully saturated rings. The molecule has 1 aliphatic heterocycles. The summed E-state index contributed by atoms with van der Waals surface area (Å²) in [7, 11) is 0. The fourth-order valence-corrected chi connectivity index (χ4v) is 3.45. The number of carbonyl (C=O) groups excluding carboxylic acids is 1. The molecule has 5 nitrogen and oxygen atoms in total. The topological polar surface area (TPSA) is 56.7 Å². The van der Waals surface area contributed by atoms with Gasteiger partial charge in [-0.3, -0.25) is 4.79 Å². The molecule has 0 unspecified atom stereocenters. The second-order valence-corrected chi connectivity index (χ2v) is 6.34. The first-order valence-electron chi connectivity index (χ1n) is 7.44. The van der Waals surface area contributed by atoms with Crippen molar-refractivity contribution in [2.45, 2.75) is 6.92 Å². The fourth-order valence-electron chi connectivity index (χ4n) is 2.57. The molecular weight excluding hydrogens is 298 g/mol. The second kappa shape index (κ2) is 6.46. The summed E-state index contributed by atoms with van der Waals surface area (Å²) < 4.78 is 0. The van der Waals surface area contributed by atoms with Crippen LogP contribution >= 0.6 is 11.3 Å². The van der Waals surface area contributed by atoms with E-state index in [-0.39, 0.29) is 11.7 Å². The van der Waals surface area contributed by atoms with Crippen LogP contribution in [0.1, 0.15) is 16.6 Å². The Kier molecular flexibility index (Phi) is 4.40. The summed E-state index contributed by atoms with van der Waals surface area (Å²) in [4.78, 5) is 21.8. The van der Waals surface area contributed by atoms with Gasteiger partial charge in [-0.25, -0.2) is 4.98 Å². The Hall–Kier alpha value is -1.92. The molecule has 0 radical (unpaired) electrons. The van der Waals surface area contributed by atoms with Crippen molar-refractivity contribution in [1.29, 1.82) is 0 Å². The maximum Gasteiger partial charge on any atom is 0.265 e. The van der Waals surface area contributed by atoms with E-state index in [2.05, 4.69) is 16.8 Å². The van der Waals surface area contributed by atoms with Gasteiger partial charge in [-0.15, -0.1) is 11.3 Å². The van der Waals surface area contributed by atoms with E-state index in [1.165, 1.54) is 11.3 Å². The SMILES string of the molecule is CCN1CCN(C(=O)c2cnc(-c3cccc(O)c3)s2)CC1. The highest BCUT2D eigenvalue weighted by Crippen LogP contribution is 2.28. The first-order chi connectivity index (χ1) is 10.7. The molecule has 2 heterocycles. The molecule has 1 saturated heterocycles. The third-order valence-corrected chi connectivity index (χ3v) is 4.95. The van der Waals surface area contributed by atoms with Crippen LogP contribution in [0, 0.1) is 0 Å². The van der Waals surface area contributed by atoms with Crippen molar-refractivity contribution in [2.24, 2.45) is 0 Å². The number of amides is 1. The molecule has 0 bridgehead atoms. The summed E-state index contributed by atoms with van der Waals surface area (Å²) in [5.41, 5.74) is 0.833. The number of aromatic hydroxyl groups is 1. The summed E-state index contributed by atoms with van der Waals surface area (Å²) in [6.07, 6.45) is 1.64. The van der Waals surface area contributed by atoms with Gasteiger partial charge in [0.25, 0.3) is 5.91 Å². The van der Waals surface area contributed by atoms with Crippen LogP contribution in [-0.2, 0) is 0 Å². The summed E-state index contributed by atoms with van der Waals surface area (Å²) in [6, 6.07) is 6.94. The molecule has 116 valence electrons. The maximum atomic E-state index is 12.5. The van der Waals surface area contributed by atoms with Crippen LogP contribution in [0.4, 0.5) is 0 Å². The number of hydrogen-bond acceptors (Lipinski definition) is 5. The minimum absolute atomic E-state index is 0.0552. The lowest BCUT2D eigenvalue weighted by Crippen LogP contribution is -2.48. The first-order valence-corrected chi connectivity index (χ1v) is 8.26. The minimum atomic E-state index is 0.0552. The molecule has 0 spiro atoms. The van der Waals surface area contributed by atoms with Crippen molar-refractivity contribution >= 4 is 17.2 Å². The summed E-state index contributed by atoms with van der Waals surface area (Å²) in [5, 5.41) is 10.3. The number of benzene rings is 1. The minimum Gasteiger partial charge on any atom is -0.508 e. The zero-order valence-corrected chi connectivity index (χ0v) is 13.3. The third kappa shape index (κ3) is 3.13. The third-order valence-electron chi connectivity index (χ3n) is 3.92. The lowest BCUT2D eigenvalue weighted by atomic mass is 10.2. The zero-order valence-electron chi connectivity index (χ0n) is 12.5. The van der Waals surface area contributed by atoms with Crippen LogP contribution in [0.2, 0.25) is 0 Å². The van der Waals surface area contributed by atoms with Gasteiger partial charge in [-0.1, -0.05) is 19.1 Å². The second-order valence-electron chi connectivity index (χ2n) is 5.31. The highest BCUT2D eigenvalue weighted by Gasteiger charge is 2.23. The number of nitrogens with zero attached hydrogens (tertiary/aromatic N) is 3. The molecule has 1 amide bonds. The van der Waals surface area contributed by atoms with E-state index in [0.717, 1.165) is 43.3 Å². The molecule has 0 aliphatic carbocycles. The van der Waals surface area contributed by atoms with Crippen LogP contribution in [0.25, 0.3) is 10.6 Å². The Morgan fingerprint density at radius 3 is 2.77 bits per heavy atom. The van der Waals surface area contributed by atoms with Gasteiger partial charge < -0.3 is 14.9 Å². The lowest BCUT2D eigenvalue weighted by Gasteiger charge is -2.33. The van der Waals surface area contributed by atoms with E-state index in [4.69, 9.17) is 0 Å². The van der Waals surface area contributed by atoms with Crippen molar-refractivity contribution < 1.29 is 9.90 Å². The van der Waals surface area contributed by atoms with Crippen molar-refractivity contribution in [3.63, 3.8) is 0 Å². The van der Waals surface area contributed by atoms with E-state index in [1.807, 2.05) is 11.0 Å². The largest absolute Gasteiger partial charge is 0.508 e. The number of aromatic nitrogens is 1. The molecule has 3 rings (SSSR count). The molecule has 0 atom stereocenters. The number of thiazole rings is 1. The van der Waals surface area contributed by atoms with Gasteiger partial charge in [0, 0.05) is 31.7 Å². The van der Waals surface area contributed by atoms with Crippen molar-refractivity contribution in [3.8, 4) is 16.3 Å². The van der Waals surface area contributed by atoms with E-state index in [0.29, 0.717) is 4.88 Å². The highest BCUT2D eigenvalue weighted by molar-refractivity contribution is 7.16. The number of rotatable bonds is 3. The Bertz CT molecular complexity index is 663. The van der Waals surface area contributed by atoms with Crippen molar-refractivity contribution in [2.75, 3.05) is 32.7 Å². The van der Waals surface area contributed by atoms with Gasteiger partial charge in [0.2, 0.25) is 0 Å². The molecule has 6 heteroatoms. The van der Waals surface area contributed by atoms with Gasteiger partial charge in [0.1, 0.15) is 15.6 Å². The van der Waals surface area contributed by atoms with E-state index < -0.39 is 0 Å². The number of likely N-dealkylation sites (N-methyl/N-ethyl adjacent to an activating group) is 1. The maximum absolute atomic E-state index is 12.5. The average Bonchev–Trinajstić information content (AvgIpc) is 3.04. The Balaban J connectivity index is 1.72. The van der Waals surface area contributed by atoms with Crippen LogP contribution in [0.3, 0.4) is 0 Å². The van der Waals surface area contributed by atoms with Gasteiger partial charge >= 0.3 is 0 Å². The highest BCUT2D eigenvalue weighted by atomic mass is 32.1. The van der Waals surface area contributed by atoms with Crippen molar-refractivity contribution in [1.82, 2.24) is 14.8 Å². The zero-order chi connectivity index (χ0) is 15.5. The van der Waals surface area contributed by atoms with Crippen LogP contribution < -0.4 is 0 Å². The smallest absolute Gasteiger partial charge is 0.265 e. The van der Waals surface area contributed by atoms with E-state index in [9.17, 15) is 9.90 Å². The van der Waals surface area contributed by atoms with E-state index in [1.54, 1.807) is 24.4 Å². The average molecular weight is 317 g/mol. The number of phenols is 1. The van der Waals surface area contributed by atoms with E-state index >= 15 is 0 Å². The Morgan fingerprint density at radius 2 is 2.09 bits per heavy atom. The summed E-state index contributed by atoms with van der Waals surface area (Å²) in [5.74, 6) is 0.260. The van der Waals surface area contributed by atoms with Crippen LogP contribution in [0.15, 0.2) is 30.5 Å². The summed E-state index contributed by atoms with van der Waals surface area (Å²) >= 11 is 1.38. The van der Waals surface area contributed by atoms with Gasteiger partial charge in [0.05, 0.1) is 6.20 Å². The normalized spacial score (nSPS) is 16.0. The first kappa shape index (κ1) is 15.0. The molecule has 1 aromatic carbocycles. The standard InChI is InChI=1S/C16H19N3O2S/c1-2-18-6-8-19(9-7-18)16(21)14-11-17-15(22-14)12-4-3-5-13(20)10-12/h3-5,10-11,20H,2,6-9H2,1H3. The summed E-state index contributed by atoms with van der Waals surface area (Å²) in [6.45, 7) is 6.57. The molecule has 1 aliphatic rings. The molecule has 1 aromatic heterocycles. The molecule has 22 heavy (non-hydrogen) atoms. The molecule has 0 saturated carbocycles. The van der Waals surface area contributed by atoms with Gasteiger partial charge in [0.15, 0.2) is 0 Å². The molecule has 1 N–H and O–H groups in total. The van der Waals surface area contributed by atoms with Gasteiger partial charge in [-0.2, -0.15) is 0 Å². The Morgan fingerprint density at radius 1 is 1.32 bits per heavy atom. The number of carbonyl (C=O) groups is 1. The van der Waals surface area contributed by atoms with Gasteiger partial charge in [-0.05, 0) is 18.7 Å². The predicted octanol–water partition coefficient (Wildman–Crippen LogP) is 2.29. The van der Waals surface area contributed by atoms with Crippen LogP contribution in [-0.4, -0.2) is 58.5 Å². The molecule has 2 aromatic rings. The Labute approximate surface area is 133 Å². The number of hydrogen-bond donors (Lipinski definition) is 1. The quantitative estimate of drug-likeness (QED) is 0.944. The molecular formula is C16H19N3O2S. The number of phenolic OH excluding ortho intramolecular Hbond substituents is 1. The predicted molar refractivity (Wildman–Crippen MR) is 87.2 cm³/mol. The van der Waals surface area contributed by atoms with Crippen LogP contribution in [0.5, 0.6) is 5.75 Å². The fraction of sp³-hybridized carbons (Fsp3) is 0.375. The monoisotopic (exact) mass is 317 g/mol. The number of piperazine rings is 1.